The molecule has 1 saturated carbocycles. The van der Waals surface area contributed by atoms with Gasteiger partial charge < -0.3 is 20.6 Å². The van der Waals surface area contributed by atoms with Crippen molar-refractivity contribution in [2.45, 2.75) is 37.9 Å². The van der Waals surface area contributed by atoms with Crippen molar-refractivity contribution >= 4 is 50.5 Å². The minimum absolute atomic E-state index is 0.0775. The number of carbonyl (C=O) groups excluding carboxylic acids is 1. The van der Waals surface area contributed by atoms with Gasteiger partial charge in [-0.1, -0.05) is 28.1 Å². The molecule has 8 nitrogen and oxygen atoms in total. The van der Waals surface area contributed by atoms with E-state index in [0.717, 1.165) is 42.4 Å². The number of carbonyl (C=O) groups is 2. The van der Waals surface area contributed by atoms with E-state index in [9.17, 15) is 22.4 Å². The minimum Gasteiger partial charge on any atom is -0.475 e. The molecule has 0 aliphatic heterocycles. The third-order valence-electron chi connectivity index (χ3n) is 6.16. The van der Waals surface area contributed by atoms with Crippen LogP contribution in [0.3, 0.4) is 0 Å². The molecule has 1 aliphatic rings. The summed E-state index contributed by atoms with van der Waals surface area (Å²) in [6, 6.07) is 12.8. The summed E-state index contributed by atoms with van der Waals surface area (Å²) >= 11 is 3.21. The lowest BCUT2D eigenvalue weighted by molar-refractivity contribution is -0.192. The SMILES string of the molecule is CN(C)c1nc(NC2CCC(CNC(=O)c3ccc(Br)cc3F)CC2)nc2ccccc12.O=C(O)C(F)(F)F. The molecular weight excluding hydrogens is 586 g/mol. The molecule has 0 saturated heterocycles. The molecule has 4 rings (SSSR count). The number of para-hydroxylation sites is 1. The summed E-state index contributed by atoms with van der Waals surface area (Å²) in [7, 11) is 3.97. The number of nitrogens with one attached hydrogen (secondary N) is 2. The molecule has 0 spiro atoms. The van der Waals surface area contributed by atoms with Gasteiger partial charge >= 0.3 is 12.1 Å². The van der Waals surface area contributed by atoms with Crippen molar-refractivity contribution in [2.24, 2.45) is 5.92 Å². The largest absolute Gasteiger partial charge is 0.490 e. The maximum Gasteiger partial charge on any atom is 0.490 e. The first-order valence-electron chi connectivity index (χ1n) is 12.1. The number of amides is 1. The number of fused-ring (bicyclic) bond motifs is 1. The van der Waals surface area contributed by atoms with Crippen LogP contribution >= 0.6 is 15.9 Å². The first-order valence-corrected chi connectivity index (χ1v) is 12.9. The number of anilines is 2. The van der Waals surface area contributed by atoms with Gasteiger partial charge in [0, 0.05) is 36.5 Å². The third-order valence-corrected chi connectivity index (χ3v) is 6.65. The zero-order chi connectivity index (χ0) is 28.7. The van der Waals surface area contributed by atoms with Crippen LogP contribution in [-0.4, -0.2) is 59.8 Å². The first-order chi connectivity index (χ1) is 18.3. The standard InChI is InChI=1S/C24H27BrFN5O.C2HF3O2/c1-31(2)22-19-5-3-4-6-21(19)29-24(30-22)28-17-10-7-15(8-11-17)14-27-23(32)18-12-9-16(25)13-20(18)26;3-2(4,5)1(6)7/h3-6,9,12-13,15,17H,7-8,10-11,14H2,1-2H3,(H,27,32)(H,28,29,30);(H,6,7). The summed E-state index contributed by atoms with van der Waals surface area (Å²) in [6.45, 7) is 0.554. The highest BCUT2D eigenvalue weighted by molar-refractivity contribution is 9.10. The van der Waals surface area contributed by atoms with E-state index < -0.39 is 18.0 Å². The Kier molecular flexibility index (Phi) is 10.1. The summed E-state index contributed by atoms with van der Waals surface area (Å²) < 4.78 is 46.3. The van der Waals surface area contributed by atoms with Gasteiger partial charge in [0.25, 0.3) is 5.91 Å². The Hall–Kier alpha value is -3.48. The lowest BCUT2D eigenvalue weighted by atomic mass is 9.86. The molecule has 1 heterocycles. The summed E-state index contributed by atoms with van der Waals surface area (Å²) in [5.74, 6) is -1.71. The number of nitrogens with zero attached hydrogens (tertiary/aromatic N) is 3. The van der Waals surface area contributed by atoms with Crippen molar-refractivity contribution in [1.82, 2.24) is 15.3 Å². The van der Waals surface area contributed by atoms with E-state index in [-0.39, 0.29) is 11.5 Å². The average molecular weight is 614 g/mol. The number of carboxylic acids is 1. The number of carboxylic acid groups (broad SMARTS) is 1. The van der Waals surface area contributed by atoms with Gasteiger partial charge in [-0.05, 0) is 61.9 Å². The summed E-state index contributed by atoms with van der Waals surface area (Å²) in [5.41, 5.74) is 0.999. The predicted molar refractivity (Wildman–Crippen MR) is 143 cm³/mol. The lowest BCUT2D eigenvalue weighted by Gasteiger charge is -2.29. The van der Waals surface area contributed by atoms with Crippen LogP contribution in [0.1, 0.15) is 36.0 Å². The Morgan fingerprint density at radius 3 is 2.31 bits per heavy atom. The first kappa shape index (κ1) is 30.1. The van der Waals surface area contributed by atoms with Crippen molar-refractivity contribution in [1.29, 1.82) is 0 Å². The van der Waals surface area contributed by atoms with Crippen molar-refractivity contribution in [3.05, 3.63) is 58.3 Å². The van der Waals surface area contributed by atoms with Crippen LogP contribution in [0, 0.1) is 11.7 Å². The normalized spacial score (nSPS) is 17.1. The van der Waals surface area contributed by atoms with E-state index in [1.54, 1.807) is 6.07 Å². The highest BCUT2D eigenvalue weighted by Gasteiger charge is 2.38. The molecule has 1 aromatic heterocycles. The fourth-order valence-corrected chi connectivity index (χ4v) is 4.50. The molecular formula is C26H28BrF4N5O3. The number of hydrogen-bond acceptors (Lipinski definition) is 6. The fourth-order valence-electron chi connectivity index (χ4n) is 4.16. The lowest BCUT2D eigenvalue weighted by Crippen LogP contribution is -2.34. The predicted octanol–water partition coefficient (Wildman–Crippen LogP) is 5.63. The van der Waals surface area contributed by atoms with E-state index in [0.29, 0.717) is 28.9 Å². The van der Waals surface area contributed by atoms with Gasteiger partial charge in [0.2, 0.25) is 5.95 Å². The second-order valence-corrected chi connectivity index (χ2v) is 10.2. The van der Waals surface area contributed by atoms with Gasteiger partial charge in [0.15, 0.2) is 0 Å². The van der Waals surface area contributed by atoms with E-state index in [4.69, 9.17) is 19.9 Å². The van der Waals surface area contributed by atoms with Gasteiger partial charge in [-0.2, -0.15) is 18.2 Å². The Bertz CT molecular complexity index is 1310. The minimum atomic E-state index is -5.08. The Morgan fingerprint density at radius 2 is 1.72 bits per heavy atom. The molecule has 1 amide bonds. The van der Waals surface area contributed by atoms with Crippen LogP contribution in [0.25, 0.3) is 10.9 Å². The highest BCUT2D eigenvalue weighted by Crippen LogP contribution is 2.28. The van der Waals surface area contributed by atoms with Crippen molar-refractivity contribution in [3.8, 4) is 0 Å². The number of hydrogen-bond donors (Lipinski definition) is 3. The second kappa shape index (κ2) is 13.0. The molecule has 210 valence electrons. The van der Waals surface area contributed by atoms with Gasteiger partial charge in [0.1, 0.15) is 11.6 Å². The van der Waals surface area contributed by atoms with Crippen molar-refractivity contribution in [2.75, 3.05) is 30.9 Å². The molecule has 3 N–H and O–H groups in total. The number of aromatic nitrogens is 2. The zero-order valence-electron chi connectivity index (χ0n) is 21.2. The molecule has 0 bridgehead atoms. The fraction of sp³-hybridized carbons (Fsp3) is 0.385. The number of benzene rings is 2. The molecule has 39 heavy (non-hydrogen) atoms. The van der Waals surface area contributed by atoms with Crippen LogP contribution in [0.5, 0.6) is 0 Å². The third kappa shape index (κ3) is 8.50. The molecule has 0 radical (unpaired) electrons. The summed E-state index contributed by atoms with van der Waals surface area (Å²) in [5, 5.41) is 14.5. The molecule has 0 unspecified atom stereocenters. The molecule has 2 aromatic carbocycles. The topological polar surface area (TPSA) is 107 Å². The van der Waals surface area contributed by atoms with Crippen LogP contribution in [0.15, 0.2) is 46.9 Å². The van der Waals surface area contributed by atoms with E-state index >= 15 is 0 Å². The van der Waals surface area contributed by atoms with Gasteiger partial charge in [-0.3, -0.25) is 4.79 Å². The van der Waals surface area contributed by atoms with E-state index in [2.05, 4.69) is 26.6 Å². The second-order valence-electron chi connectivity index (χ2n) is 9.28. The molecule has 0 atom stereocenters. The van der Waals surface area contributed by atoms with Gasteiger partial charge in [0.05, 0.1) is 11.1 Å². The maximum absolute atomic E-state index is 14.0. The van der Waals surface area contributed by atoms with Crippen LogP contribution in [0.2, 0.25) is 0 Å². The molecule has 13 heteroatoms. The smallest absolute Gasteiger partial charge is 0.475 e. The Morgan fingerprint density at radius 1 is 1.08 bits per heavy atom. The molecule has 3 aromatic rings. The van der Waals surface area contributed by atoms with Crippen LogP contribution in [0.4, 0.5) is 29.3 Å². The number of rotatable bonds is 6. The maximum atomic E-state index is 14.0. The Balaban J connectivity index is 0.000000532. The van der Waals surface area contributed by atoms with Crippen molar-refractivity contribution < 1.29 is 32.3 Å². The van der Waals surface area contributed by atoms with E-state index in [1.165, 1.54) is 12.1 Å². The Labute approximate surface area is 230 Å². The van der Waals surface area contributed by atoms with Gasteiger partial charge in [-0.15, -0.1) is 0 Å². The molecule has 1 fully saturated rings. The van der Waals surface area contributed by atoms with Crippen LogP contribution in [-0.2, 0) is 4.79 Å². The number of alkyl halides is 3. The summed E-state index contributed by atoms with van der Waals surface area (Å²) in [4.78, 5) is 32.6. The summed E-state index contributed by atoms with van der Waals surface area (Å²) in [6.07, 6.45) is -1.18. The quantitative estimate of drug-likeness (QED) is 0.309. The average Bonchev–Trinajstić information content (AvgIpc) is 2.87. The van der Waals surface area contributed by atoms with E-state index in [1.807, 2.05) is 43.3 Å². The zero-order valence-corrected chi connectivity index (χ0v) is 22.8. The number of halogens is 5. The van der Waals surface area contributed by atoms with Gasteiger partial charge in [-0.25, -0.2) is 14.2 Å². The van der Waals surface area contributed by atoms with Crippen LogP contribution < -0.4 is 15.5 Å². The highest BCUT2D eigenvalue weighted by atomic mass is 79.9. The monoisotopic (exact) mass is 613 g/mol. The van der Waals surface area contributed by atoms with Crippen molar-refractivity contribution in [3.63, 3.8) is 0 Å². The number of aliphatic carboxylic acids is 1. The molecule has 1 aliphatic carbocycles.